The summed E-state index contributed by atoms with van der Waals surface area (Å²) in [6, 6.07) is 0. The largest absolute Gasteiger partial charge is 3.00 e. The van der Waals surface area contributed by atoms with Gasteiger partial charge in [-0.3, -0.25) is 0 Å². The summed E-state index contributed by atoms with van der Waals surface area (Å²) in [5, 5.41) is 0. The first-order valence-electron chi connectivity index (χ1n) is 1.49. The molecule has 1 atom stereocenters. The fraction of sp³-hybridized carbons (Fsp3) is 0. The van der Waals surface area contributed by atoms with Crippen LogP contribution in [0.1, 0.15) is 0 Å². The molecule has 0 aliphatic carbocycles. The van der Waals surface area contributed by atoms with Crippen LogP contribution in [0.3, 0.4) is 0 Å². The fourth-order valence-electron chi connectivity index (χ4n) is 0.241. The summed E-state index contributed by atoms with van der Waals surface area (Å²) in [7, 11) is 0. The van der Waals surface area contributed by atoms with Crippen molar-refractivity contribution in [1.82, 2.24) is 0 Å². The minimum absolute atomic E-state index is 0. The van der Waals surface area contributed by atoms with E-state index in [2.05, 4.69) is 15.8 Å². The van der Waals surface area contributed by atoms with Crippen LogP contribution in [0.15, 0.2) is 17.0 Å². The summed E-state index contributed by atoms with van der Waals surface area (Å²) in [6.45, 7) is 0. The van der Waals surface area contributed by atoms with E-state index in [0.29, 0.717) is 0 Å². The number of hydrogen-bond donors (Lipinski definition) is 0. The maximum atomic E-state index is 3.11. The molecule has 0 saturated carbocycles. The fourth-order valence-corrected chi connectivity index (χ4v) is 1.25. The average Bonchev–Trinajstić information content (AvgIpc) is 1.76. The standard InChI is InChI=1S/C4H4As.2ClH.Zr/c1-2-4-5-3-1;;;/h1-3,5H;2*1H;/q-1;;;+3/p-2. The molecule has 8 heavy (non-hydrogen) atoms. The molecular formula is C4H4AsCl2Zr. The van der Waals surface area contributed by atoms with E-state index in [1.165, 1.54) is 0 Å². The van der Waals surface area contributed by atoms with Gasteiger partial charge in [-0.1, -0.05) is 0 Å². The van der Waals surface area contributed by atoms with E-state index in [-0.39, 0.29) is 66.8 Å². The van der Waals surface area contributed by atoms with E-state index in [0.717, 1.165) is 0 Å². The Kier molecular flexibility index (Phi) is 23.0. The quantitative estimate of drug-likeness (QED) is 0.308. The van der Waals surface area contributed by atoms with Gasteiger partial charge in [-0.15, -0.1) is 0 Å². The Morgan fingerprint density at radius 1 is 1.25 bits per heavy atom. The molecule has 0 aromatic carbocycles. The van der Waals surface area contributed by atoms with Crippen LogP contribution in [-0.2, 0) is 26.2 Å². The monoisotopic (exact) mass is 287 g/mol. The molecule has 0 amide bonds. The molecule has 1 aliphatic heterocycles. The summed E-state index contributed by atoms with van der Waals surface area (Å²) >= 11 is 0.153. The predicted molar refractivity (Wildman–Crippen MR) is 24.1 cm³/mol. The normalized spacial score (nSPS) is 14.0. The molecule has 0 spiro atoms. The molecule has 0 nitrogen and oxygen atoms in total. The smallest absolute Gasteiger partial charge is 1.00 e. The molecule has 4 heteroatoms. The second kappa shape index (κ2) is 11.3. The molecule has 0 aromatic heterocycles. The van der Waals surface area contributed by atoms with Crippen LogP contribution in [0.2, 0.25) is 0 Å². The summed E-state index contributed by atoms with van der Waals surface area (Å²) < 4.78 is 0. The molecule has 1 aliphatic rings. The Labute approximate surface area is 87.8 Å². The van der Waals surface area contributed by atoms with Crippen molar-refractivity contribution in [2.45, 2.75) is 0 Å². The molecule has 1 heterocycles. The van der Waals surface area contributed by atoms with E-state index in [9.17, 15) is 0 Å². The SMILES string of the molecule is [C-]1=CC=C[AsH]1.[Cl-].[Cl-].[Zr+3]. The second-order valence-electron chi connectivity index (χ2n) is 0.814. The molecule has 43 valence electrons. The first kappa shape index (κ1) is 16.2. The molecule has 0 aromatic rings. The van der Waals surface area contributed by atoms with Crippen molar-refractivity contribution in [3.63, 3.8) is 0 Å². The summed E-state index contributed by atoms with van der Waals surface area (Å²) in [6.07, 6.45) is 4.04. The van der Waals surface area contributed by atoms with Gasteiger partial charge in [-0.05, 0) is 0 Å². The van der Waals surface area contributed by atoms with Gasteiger partial charge in [-0.2, -0.15) is 0 Å². The molecule has 1 rings (SSSR count). The van der Waals surface area contributed by atoms with Crippen molar-refractivity contribution in [2.24, 2.45) is 0 Å². The van der Waals surface area contributed by atoms with Crippen molar-refractivity contribution < 1.29 is 51.0 Å². The third-order valence-corrected chi connectivity index (χ3v) is 1.90. The number of rotatable bonds is 0. The maximum absolute atomic E-state index is 3.11. The second-order valence-corrected chi connectivity index (χ2v) is 2.73. The zero-order chi connectivity index (χ0) is 3.54. The first-order chi connectivity index (χ1) is 2.50. The van der Waals surface area contributed by atoms with Crippen molar-refractivity contribution in [3.8, 4) is 0 Å². The Hall–Kier alpha value is 1.50. The van der Waals surface area contributed by atoms with Crippen LogP contribution in [0, 0.1) is 4.86 Å². The van der Waals surface area contributed by atoms with Crippen LogP contribution in [-0.4, -0.2) is 15.8 Å². The molecule has 0 saturated heterocycles. The van der Waals surface area contributed by atoms with Crippen molar-refractivity contribution >= 4 is 15.8 Å². The van der Waals surface area contributed by atoms with Crippen molar-refractivity contribution in [1.29, 1.82) is 0 Å². The molecule has 1 unspecified atom stereocenters. The topological polar surface area (TPSA) is 0 Å². The van der Waals surface area contributed by atoms with Gasteiger partial charge in [0.2, 0.25) is 0 Å². The number of halogens is 2. The van der Waals surface area contributed by atoms with Crippen LogP contribution < -0.4 is 24.8 Å². The van der Waals surface area contributed by atoms with Gasteiger partial charge >= 0.3 is 63.8 Å². The molecular weight excluding hydrogens is 285 g/mol. The third kappa shape index (κ3) is 7.50. The number of allylic oxidation sites excluding steroid dienone is 2. The Morgan fingerprint density at radius 3 is 2.00 bits per heavy atom. The minimum Gasteiger partial charge on any atom is -1.00 e. The molecule has 1 radical (unpaired) electrons. The van der Waals surface area contributed by atoms with E-state index in [1.807, 2.05) is 6.08 Å². The van der Waals surface area contributed by atoms with Gasteiger partial charge in [0, 0.05) is 0 Å². The van der Waals surface area contributed by atoms with Crippen molar-refractivity contribution in [3.05, 3.63) is 21.9 Å². The van der Waals surface area contributed by atoms with Gasteiger partial charge in [0.25, 0.3) is 0 Å². The zero-order valence-electron chi connectivity index (χ0n) is 3.99. The average molecular weight is 289 g/mol. The Morgan fingerprint density at radius 2 is 1.88 bits per heavy atom. The Balaban J connectivity index is -0.0000000833. The minimum atomic E-state index is 0. The molecule has 0 N–H and O–H groups in total. The van der Waals surface area contributed by atoms with E-state index in [1.54, 1.807) is 0 Å². The molecule has 0 bridgehead atoms. The van der Waals surface area contributed by atoms with E-state index in [4.69, 9.17) is 0 Å². The Bertz CT molecular complexity index is 72.1. The maximum Gasteiger partial charge on any atom is 3.00 e. The number of hydrogen-bond acceptors (Lipinski definition) is 0. The summed E-state index contributed by atoms with van der Waals surface area (Å²) in [5.74, 6) is 0. The van der Waals surface area contributed by atoms with Crippen LogP contribution in [0.5, 0.6) is 0 Å². The van der Waals surface area contributed by atoms with Crippen LogP contribution >= 0.6 is 0 Å². The summed E-state index contributed by atoms with van der Waals surface area (Å²) in [4.78, 5) is 5.31. The van der Waals surface area contributed by atoms with Gasteiger partial charge in [0.1, 0.15) is 0 Å². The van der Waals surface area contributed by atoms with E-state index >= 15 is 0 Å². The van der Waals surface area contributed by atoms with Crippen LogP contribution in [0.4, 0.5) is 0 Å². The predicted octanol–water partition coefficient (Wildman–Crippen LogP) is -5.73. The third-order valence-electron chi connectivity index (χ3n) is 0.442. The van der Waals surface area contributed by atoms with E-state index < -0.39 is 0 Å². The first-order valence-corrected chi connectivity index (χ1v) is 3.75. The molecule has 0 fully saturated rings. The van der Waals surface area contributed by atoms with Gasteiger partial charge in [0.05, 0.1) is 0 Å². The van der Waals surface area contributed by atoms with Crippen LogP contribution in [0.25, 0.3) is 0 Å². The van der Waals surface area contributed by atoms with Gasteiger partial charge in [0.15, 0.2) is 0 Å². The zero-order valence-corrected chi connectivity index (χ0v) is 10.1. The van der Waals surface area contributed by atoms with Crippen molar-refractivity contribution in [2.75, 3.05) is 0 Å². The van der Waals surface area contributed by atoms with Gasteiger partial charge < -0.3 is 24.8 Å². The van der Waals surface area contributed by atoms with Gasteiger partial charge in [-0.25, -0.2) is 0 Å². The summed E-state index contributed by atoms with van der Waals surface area (Å²) in [5.41, 5.74) is 0.